The van der Waals surface area contributed by atoms with E-state index in [2.05, 4.69) is 4.90 Å². The lowest BCUT2D eigenvalue weighted by molar-refractivity contribution is -0.0972. The van der Waals surface area contributed by atoms with Gasteiger partial charge in [0, 0.05) is 19.6 Å². The molecule has 4 nitrogen and oxygen atoms in total. The van der Waals surface area contributed by atoms with Gasteiger partial charge in [-0.25, -0.2) is 0 Å². The molecule has 1 saturated heterocycles. The largest absolute Gasteiger partial charge is 0.394 e. The lowest BCUT2D eigenvalue weighted by atomic mass is 10.1. The molecule has 2 unspecified atom stereocenters. The molecule has 0 bridgehead atoms. The summed E-state index contributed by atoms with van der Waals surface area (Å²) in [5, 5.41) is 18.2. The van der Waals surface area contributed by atoms with Gasteiger partial charge >= 0.3 is 0 Å². The zero-order valence-electron chi connectivity index (χ0n) is 10.7. The molecule has 1 aromatic rings. The Morgan fingerprint density at radius 3 is 2.44 bits per heavy atom. The second-order valence-electron chi connectivity index (χ2n) is 4.92. The van der Waals surface area contributed by atoms with E-state index in [9.17, 15) is 5.11 Å². The molecular formula is C14H21NO3. The fraction of sp³-hybridized carbons (Fsp3) is 0.571. The number of aliphatic hydroxyl groups is 2. The summed E-state index contributed by atoms with van der Waals surface area (Å²) in [6.45, 7) is 4.70. The first-order valence-electron chi connectivity index (χ1n) is 6.38. The van der Waals surface area contributed by atoms with Crippen molar-refractivity contribution in [3.8, 4) is 0 Å². The van der Waals surface area contributed by atoms with Crippen molar-refractivity contribution in [3.63, 3.8) is 0 Å². The van der Waals surface area contributed by atoms with Crippen molar-refractivity contribution >= 4 is 0 Å². The maximum Gasteiger partial charge on any atom is 0.0936 e. The Morgan fingerprint density at radius 2 is 1.83 bits per heavy atom. The monoisotopic (exact) mass is 251 g/mol. The number of morpholine rings is 1. The second kappa shape index (κ2) is 6.29. The number of nitrogens with zero attached hydrogens (tertiary/aromatic N) is 1. The van der Waals surface area contributed by atoms with E-state index < -0.39 is 0 Å². The molecule has 100 valence electrons. The van der Waals surface area contributed by atoms with Crippen LogP contribution in [-0.2, 0) is 17.9 Å². The van der Waals surface area contributed by atoms with E-state index in [1.165, 1.54) is 5.56 Å². The van der Waals surface area contributed by atoms with E-state index in [0.29, 0.717) is 0 Å². The Balaban J connectivity index is 1.95. The number of hydrogen-bond acceptors (Lipinski definition) is 4. The Morgan fingerprint density at radius 1 is 1.17 bits per heavy atom. The van der Waals surface area contributed by atoms with E-state index in [4.69, 9.17) is 9.84 Å². The van der Waals surface area contributed by atoms with Crippen LogP contribution in [0, 0.1) is 0 Å². The molecule has 1 aromatic carbocycles. The van der Waals surface area contributed by atoms with E-state index in [-0.39, 0.29) is 25.4 Å². The molecule has 18 heavy (non-hydrogen) atoms. The average molecular weight is 251 g/mol. The Bertz CT molecular complexity index is 366. The normalized spacial score (nSPS) is 25.3. The number of ether oxygens (including phenoxy) is 1. The van der Waals surface area contributed by atoms with Crippen molar-refractivity contribution in [2.45, 2.75) is 32.3 Å². The van der Waals surface area contributed by atoms with Crippen LogP contribution in [0.25, 0.3) is 0 Å². The van der Waals surface area contributed by atoms with Gasteiger partial charge in [-0.2, -0.15) is 0 Å². The third-order valence-electron chi connectivity index (χ3n) is 3.22. The summed E-state index contributed by atoms with van der Waals surface area (Å²) in [5.41, 5.74) is 2.15. The van der Waals surface area contributed by atoms with Crippen molar-refractivity contribution < 1.29 is 14.9 Å². The van der Waals surface area contributed by atoms with E-state index in [1.807, 2.05) is 31.2 Å². The van der Waals surface area contributed by atoms with Crippen molar-refractivity contribution in [1.29, 1.82) is 0 Å². The fourth-order valence-electron chi connectivity index (χ4n) is 2.38. The molecule has 0 spiro atoms. The van der Waals surface area contributed by atoms with Crippen LogP contribution in [0.1, 0.15) is 18.1 Å². The van der Waals surface area contributed by atoms with Crippen LogP contribution in [0.15, 0.2) is 24.3 Å². The van der Waals surface area contributed by atoms with E-state index in [0.717, 1.165) is 25.2 Å². The molecule has 1 aliphatic rings. The predicted molar refractivity (Wildman–Crippen MR) is 69.1 cm³/mol. The molecule has 2 atom stereocenters. The van der Waals surface area contributed by atoms with Gasteiger partial charge in [0.05, 0.1) is 25.4 Å². The highest BCUT2D eigenvalue weighted by atomic mass is 16.5. The lowest BCUT2D eigenvalue weighted by Gasteiger charge is -2.36. The van der Waals surface area contributed by atoms with Gasteiger partial charge in [-0.3, -0.25) is 4.90 Å². The molecular weight excluding hydrogens is 230 g/mol. The van der Waals surface area contributed by atoms with Crippen LogP contribution in [0.3, 0.4) is 0 Å². The molecule has 1 fully saturated rings. The van der Waals surface area contributed by atoms with Crippen molar-refractivity contribution in [3.05, 3.63) is 35.4 Å². The highest BCUT2D eigenvalue weighted by Gasteiger charge is 2.24. The second-order valence-corrected chi connectivity index (χ2v) is 4.92. The molecule has 0 aromatic heterocycles. The SMILES string of the molecule is CC1CN(Cc2ccc(CO)cc2)CC(CO)O1. The third kappa shape index (κ3) is 3.53. The van der Waals surface area contributed by atoms with Crippen molar-refractivity contribution in [2.75, 3.05) is 19.7 Å². The molecule has 4 heteroatoms. The van der Waals surface area contributed by atoms with Crippen LogP contribution in [-0.4, -0.2) is 47.0 Å². The third-order valence-corrected chi connectivity index (χ3v) is 3.22. The molecule has 0 amide bonds. The van der Waals surface area contributed by atoms with Gasteiger partial charge in [0.2, 0.25) is 0 Å². The van der Waals surface area contributed by atoms with Crippen LogP contribution in [0.2, 0.25) is 0 Å². The topological polar surface area (TPSA) is 52.9 Å². The lowest BCUT2D eigenvalue weighted by Crippen LogP contribution is -2.47. The Kier molecular flexibility index (Phi) is 4.72. The first-order valence-corrected chi connectivity index (χ1v) is 6.38. The minimum absolute atomic E-state index is 0.0737. The van der Waals surface area contributed by atoms with Crippen LogP contribution in [0.4, 0.5) is 0 Å². The zero-order chi connectivity index (χ0) is 13.0. The number of rotatable bonds is 4. The van der Waals surface area contributed by atoms with Gasteiger partial charge in [0.1, 0.15) is 0 Å². The van der Waals surface area contributed by atoms with Crippen molar-refractivity contribution in [2.24, 2.45) is 0 Å². The van der Waals surface area contributed by atoms with Crippen molar-refractivity contribution in [1.82, 2.24) is 4.90 Å². The average Bonchev–Trinajstić information content (AvgIpc) is 2.39. The Labute approximate surface area is 108 Å². The summed E-state index contributed by atoms with van der Waals surface area (Å²) >= 11 is 0. The highest BCUT2D eigenvalue weighted by molar-refractivity contribution is 5.21. The molecule has 2 N–H and O–H groups in total. The van der Waals surface area contributed by atoms with Gasteiger partial charge in [0.15, 0.2) is 0 Å². The summed E-state index contributed by atoms with van der Waals surface area (Å²) in [6.07, 6.45) is 0.0816. The first-order chi connectivity index (χ1) is 8.71. The standard InChI is InChI=1S/C14H21NO3/c1-11-6-15(8-14(10-17)18-11)7-12-2-4-13(9-16)5-3-12/h2-5,11,14,16-17H,6-10H2,1H3. The van der Waals surface area contributed by atoms with Gasteiger partial charge in [0.25, 0.3) is 0 Å². The number of hydrogen-bond donors (Lipinski definition) is 2. The minimum Gasteiger partial charge on any atom is -0.394 e. The summed E-state index contributed by atoms with van der Waals surface area (Å²) in [7, 11) is 0. The molecule has 0 saturated carbocycles. The highest BCUT2D eigenvalue weighted by Crippen LogP contribution is 2.14. The maximum atomic E-state index is 9.18. The van der Waals surface area contributed by atoms with E-state index >= 15 is 0 Å². The molecule has 1 aliphatic heterocycles. The minimum atomic E-state index is -0.0783. The summed E-state index contributed by atoms with van der Waals surface area (Å²) < 4.78 is 5.62. The summed E-state index contributed by atoms with van der Waals surface area (Å²) in [4.78, 5) is 2.29. The quantitative estimate of drug-likeness (QED) is 0.829. The van der Waals surface area contributed by atoms with Gasteiger partial charge < -0.3 is 14.9 Å². The fourth-order valence-corrected chi connectivity index (χ4v) is 2.38. The smallest absolute Gasteiger partial charge is 0.0936 e. The van der Waals surface area contributed by atoms with Crippen LogP contribution >= 0.6 is 0 Å². The van der Waals surface area contributed by atoms with E-state index in [1.54, 1.807) is 0 Å². The molecule has 0 aliphatic carbocycles. The maximum absolute atomic E-state index is 9.18. The number of aliphatic hydroxyl groups excluding tert-OH is 2. The zero-order valence-corrected chi connectivity index (χ0v) is 10.7. The van der Waals surface area contributed by atoms with Gasteiger partial charge in [-0.1, -0.05) is 24.3 Å². The summed E-state index contributed by atoms with van der Waals surface area (Å²) in [5.74, 6) is 0. The van der Waals surface area contributed by atoms with Gasteiger partial charge in [-0.05, 0) is 18.1 Å². The molecule has 0 radical (unpaired) electrons. The summed E-state index contributed by atoms with van der Waals surface area (Å²) in [6, 6.07) is 7.98. The van der Waals surface area contributed by atoms with Crippen LogP contribution in [0.5, 0.6) is 0 Å². The first kappa shape index (κ1) is 13.5. The van der Waals surface area contributed by atoms with Crippen LogP contribution < -0.4 is 0 Å². The Hall–Kier alpha value is -0.940. The predicted octanol–water partition coefficient (Wildman–Crippen LogP) is 0.760. The molecule has 2 rings (SSSR count). The molecule has 1 heterocycles. The number of benzene rings is 1. The van der Waals surface area contributed by atoms with Gasteiger partial charge in [-0.15, -0.1) is 0 Å².